The molecule has 1 aliphatic carbocycles. The van der Waals surface area contributed by atoms with E-state index in [4.69, 9.17) is 0 Å². The first-order valence-corrected chi connectivity index (χ1v) is 18.6. The minimum atomic E-state index is -3.69. The number of carbonyl (C=O) groups is 3. The van der Waals surface area contributed by atoms with Crippen LogP contribution in [0.1, 0.15) is 83.8 Å². The van der Waals surface area contributed by atoms with Gasteiger partial charge in [0.2, 0.25) is 15.9 Å². The van der Waals surface area contributed by atoms with Gasteiger partial charge in [0.25, 0.3) is 11.8 Å². The first-order chi connectivity index (χ1) is 22.9. The molecule has 258 valence electrons. The van der Waals surface area contributed by atoms with Crippen LogP contribution in [0.4, 0.5) is 5.69 Å². The van der Waals surface area contributed by atoms with Gasteiger partial charge in [-0.05, 0) is 67.9 Å². The predicted molar refractivity (Wildman–Crippen MR) is 190 cm³/mol. The number of hydrogen-bond donors (Lipinski definition) is 4. The Balaban J connectivity index is 1.57. The molecule has 48 heavy (non-hydrogen) atoms. The zero-order chi connectivity index (χ0) is 34.7. The molecular formula is C37H49N5O5S. The van der Waals surface area contributed by atoms with E-state index in [0.717, 1.165) is 47.4 Å². The molecule has 11 heteroatoms. The fourth-order valence-electron chi connectivity index (χ4n) is 5.40. The molecule has 3 aromatic rings. The van der Waals surface area contributed by atoms with Gasteiger partial charge in [-0.2, -0.15) is 0 Å². The van der Waals surface area contributed by atoms with Crippen LogP contribution in [0.3, 0.4) is 0 Å². The van der Waals surface area contributed by atoms with Crippen molar-refractivity contribution >= 4 is 33.4 Å². The Labute approximate surface area is 285 Å². The van der Waals surface area contributed by atoms with Crippen LogP contribution in [0.15, 0.2) is 78.9 Å². The number of nitrogens with one attached hydrogen (secondary N) is 4. The monoisotopic (exact) mass is 675 g/mol. The molecule has 1 saturated carbocycles. The Morgan fingerprint density at radius 3 is 2.08 bits per heavy atom. The van der Waals surface area contributed by atoms with Gasteiger partial charge in [-0.15, -0.1) is 0 Å². The number of anilines is 1. The molecule has 1 fully saturated rings. The summed E-state index contributed by atoms with van der Waals surface area (Å²) in [6.07, 6.45) is 6.38. The van der Waals surface area contributed by atoms with Crippen LogP contribution in [0.2, 0.25) is 0 Å². The highest BCUT2D eigenvalue weighted by molar-refractivity contribution is 7.92. The Morgan fingerprint density at radius 2 is 1.50 bits per heavy atom. The quantitative estimate of drug-likeness (QED) is 0.156. The van der Waals surface area contributed by atoms with Crippen molar-refractivity contribution in [3.8, 4) is 0 Å². The second kappa shape index (κ2) is 17.3. The van der Waals surface area contributed by atoms with Gasteiger partial charge in [0.1, 0.15) is 0 Å². The third-order valence-corrected chi connectivity index (χ3v) is 9.85. The van der Waals surface area contributed by atoms with Crippen molar-refractivity contribution < 1.29 is 22.8 Å². The zero-order valence-corrected chi connectivity index (χ0v) is 29.2. The SMILES string of the molecule is CCCC[C@H](NC[C@H](Cc1ccccc1)NC(=O)c1cc(C(=O)N[C@H](C)c2ccccc2)cc(N(C)S(C)(=O)=O)c1)C(=O)NCC1CC1. The highest BCUT2D eigenvalue weighted by Gasteiger charge is 2.26. The second-order valence-corrected chi connectivity index (χ2v) is 14.8. The van der Waals surface area contributed by atoms with Crippen LogP contribution in [0, 0.1) is 5.92 Å². The molecule has 10 nitrogen and oxygen atoms in total. The van der Waals surface area contributed by atoms with Crippen molar-refractivity contribution in [1.29, 1.82) is 0 Å². The van der Waals surface area contributed by atoms with Crippen LogP contribution in [-0.4, -0.2) is 64.6 Å². The van der Waals surface area contributed by atoms with E-state index in [1.54, 1.807) is 0 Å². The average Bonchev–Trinajstić information content (AvgIpc) is 3.91. The molecule has 0 bridgehead atoms. The van der Waals surface area contributed by atoms with Gasteiger partial charge in [0.05, 0.1) is 24.0 Å². The molecule has 0 heterocycles. The molecular weight excluding hydrogens is 627 g/mol. The maximum Gasteiger partial charge on any atom is 0.251 e. The summed E-state index contributed by atoms with van der Waals surface area (Å²) in [6, 6.07) is 22.5. The predicted octanol–water partition coefficient (Wildman–Crippen LogP) is 4.59. The molecule has 3 amide bonds. The maximum absolute atomic E-state index is 13.9. The van der Waals surface area contributed by atoms with Crippen molar-refractivity contribution in [3.05, 3.63) is 101 Å². The van der Waals surface area contributed by atoms with Gasteiger partial charge in [0, 0.05) is 37.3 Å². The summed E-state index contributed by atoms with van der Waals surface area (Å²) < 4.78 is 26.0. The van der Waals surface area contributed by atoms with Crippen LogP contribution in [-0.2, 0) is 21.2 Å². The van der Waals surface area contributed by atoms with E-state index in [0.29, 0.717) is 31.8 Å². The maximum atomic E-state index is 13.9. The van der Waals surface area contributed by atoms with E-state index < -0.39 is 33.9 Å². The van der Waals surface area contributed by atoms with Gasteiger partial charge >= 0.3 is 0 Å². The first-order valence-electron chi connectivity index (χ1n) is 16.7. The lowest BCUT2D eigenvalue weighted by Gasteiger charge is -2.25. The standard InChI is InChI=1S/C37H49N5O5S/c1-5-6-17-34(37(45)39-24-28-18-19-28)38-25-32(20-27-13-9-7-10-14-27)41-36(44)31-21-30(22-33(23-31)42(3)48(4,46)47)35(43)40-26(2)29-15-11-8-12-16-29/h7-16,21-23,26,28,32,34,38H,5-6,17-20,24-25H2,1-4H3,(H,39,45)(H,40,43)(H,41,44)/t26-,32+,34+/m1/s1. The van der Waals surface area contributed by atoms with E-state index in [1.807, 2.05) is 67.6 Å². The molecule has 0 aromatic heterocycles. The van der Waals surface area contributed by atoms with Crippen LogP contribution in [0.25, 0.3) is 0 Å². The number of hydrogen-bond acceptors (Lipinski definition) is 6. The van der Waals surface area contributed by atoms with Crippen LogP contribution in [0.5, 0.6) is 0 Å². The Hall–Kier alpha value is -4.22. The lowest BCUT2D eigenvalue weighted by molar-refractivity contribution is -0.123. The summed E-state index contributed by atoms with van der Waals surface area (Å²) in [4.78, 5) is 40.5. The summed E-state index contributed by atoms with van der Waals surface area (Å²) in [5, 5.41) is 12.5. The normalized spacial score (nSPS) is 14.8. The molecule has 4 rings (SSSR count). The van der Waals surface area contributed by atoms with Gasteiger partial charge in [0.15, 0.2) is 0 Å². The topological polar surface area (TPSA) is 137 Å². The summed E-state index contributed by atoms with van der Waals surface area (Å²) >= 11 is 0. The zero-order valence-electron chi connectivity index (χ0n) is 28.4. The molecule has 3 atom stereocenters. The molecule has 3 aromatic carbocycles. The summed E-state index contributed by atoms with van der Waals surface area (Å²) in [5.41, 5.74) is 2.40. The molecule has 4 N–H and O–H groups in total. The number of carbonyl (C=O) groups excluding carboxylic acids is 3. The number of unbranched alkanes of at least 4 members (excludes halogenated alkanes) is 1. The third kappa shape index (κ3) is 11.2. The van der Waals surface area contributed by atoms with Gasteiger partial charge < -0.3 is 21.3 Å². The molecule has 0 spiro atoms. The van der Waals surface area contributed by atoms with Gasteiger partial charge in [-0.1, -0.05) is 80.4 Å². The minimum Gasteiger partial charge on any atom is -0.354 e. The number of rotatable bonds is 18. The third-order valence-electron chi connectivity index (χ3n) is 8.65. The Morgan fingerprint density at radius 1 is 0.896 bits per heavy atom. The van der Waals surface area contributed by atoms with Gasteiger partial charge in [-0.25, -0.2) is 8.42 Å². The highest BCUT2D eigenvalue weighted by Crippen LogP contribution is 2.27. The number of nitrogens with zero attached hydrogens (tertiary/aromatic N) is 1. The first kappa shape index (κ1) is 36.6. The van der Waals surface area contributed by atoms with Crippen LogP contribution < -0.4 is 25.6 Å². The molecule has 0 saturated heterocycles. The van der Waals surface area contributed by atoms with Crippen molar-refractivity contribution in [2.24, 2.45) is 5.92 Å². The van der Waals surface area contributed by atoms with E-state index >= 15 is 0 Å². The van der Waals surface area contributed by atoms with Crippen molar-refractivity contribution in [2.45, 2.75) is 70.5 Å². The largest absolute Gasteiger partial charge is 0.354 e. The Bertz CT molecular complexity index is 1630. The molecule has 1 aliphatic rings. The van der Waals surface area contributed by atoms with Crippen molar-refractivity contribution in [1.82, 2.24) is 21.3 Å². The van der Waals surface area contributed by atoms with Crippen molar-refractivity contribution in [3.63, 3.8) is 0 Å². The lowest BCUT2D eigenvalue weighted by Crippen LogP contribution is -2.51. The molecule has 0 radical (unpaired) electrons. The van der Waals surface area contributed by atoms with E-state index in [2.05, 4.69) is 28.2 Å². The lowest BCUT2D eigenvalue weighted by atomic mass is 10.0. The fourth-order valence-corrected chi connectivity index (χ4v) is 5.89. The van der Waals surface area contributed by atoms with E-state index in [1.165, 1.54) is 25.2 Å². The molecule has 0 aliphatic heterocycles. The smallest absolute Gasteiger partial charge is 0.251 e. The number of sulfonamides is 1. The second-order valence-electron chi connectivity index (χ2n) is 12.8. The molecule has 0 unspecified atom stereocenters. The van der Waals surface area contributed by atoms with Crippen LogP contribution >= 0.6 is 0 Å². The van der Waals surface area contributed by atoms with Crippen molar-refractivity contribution in [2.75, 3.05) is 30.7 Å². The summed E-state index contributed by atoms with van der Waals surface area (Å²) in [5.74, 6) is -0.369. The fraction of sp³-hybridized carbons (Fsp3) is 0.432. The Kier molecular flexibility index (Phi) is 13.2. The number of benzene rings is 3. The van der Waals surface area contributed by atoms with Gasteiger partial charge in [-0.3, -0.25) is 18.7 Å². The number of amides is 3. The highest BCUT2D eigenvalue weighted by atomic mass is 32.2. The average molecular weight is 676 g/mol. The van der Waals surface area contributed by atoms with E-state index in [9.17, 15) is 22.8 Å². The van der Waals surface area contributed by atoms with E-state index in [-0.39, 0.29) is 28.8 Å². The minimum absolute atomic E-state index is 0.0305. The summed E-state index contributed by atoms with van der Waals surface area (Å²) in [7, 11) is -2.31. The summed E-state index contributed by atoms with van der Waals surface area (Å²) in [6.45, 7) is 4.96.